The zero-order valence-electron chi connectivity index (χ0n) is 15.4. The first kappa shape index (κ1) is 19.9. The van der Waals surface area contributed by atoms with Crippen molar-refractivity contribution in [2.75, 3.05) is 17.2 Å². The standard InChI is InChI=1S/C21H17F2N3O3/c1-2-29-21(28)15-5-3-4-6-18(15)26-19-11-13(9-10-24-19)20(27)25-14-7-8-16(22)17(23)12-14/h3-12H,2H2,1H3,(H,24,26)(H,25,27). The maximum atomic E-state index is 13.3. The van der Waals surface area contributed by atoms with Gasteiger partial charge in [-0.1, -0.05) is 12.1 Å². The van der Waals surface area contributed by atoms with Crippen molar-refractivity contribution in [3.8, 4) is 0 Å². The molecule has 3 rings (SSSR count). The van der Waals surface area contributed by atoms with E-state index in [1.807, 2.05) is 0 Å². The highest BCUT2D eigenvalue weighted by molar-refractivity contribution is 6.04. The van der Waals surface area contributed by atoms with Gasteiger partial charge in [-0.3, -0.25) is 4.79 Å². The van der Waals surface area contributed by atoms with Gasteiger partial charge in [0.2, 0.25) is 0 Å². The summed E-state index contributed by atoms with van der Waals surface area (Å²) in [5, 5.41) is 5.47. The monoisotopic (exact) mass is 397 g/mol. The summed E-state index contributed by atoms with van der Waals surface area (Å²) < 4.78 is 31.4. The first-order chi connectivity index (χ1) is 14.0. The second-order valence-electron chi connectivity index (χ2n) is 5.90. The normalized spacial score (nSPS) is 10.3. The van der Waals surface area contributed by atoms with Crippen LogP contribution >= 0.6 is 0 Å². The largest absolute Gasteiger partial charge is 0.462 e. The Morgan fingerprint density at radius 2 is 1.83 bits per heavy atom. The van der Waals surface area contributed by atoms with Crippen molar-refractivity contribution in [2.45, 2.75) is 6.92 Å². The summed E-state index contributed by atoms with van der Waals surface area (Å²) in [7, 11) is 0. The van der Waals surface area contributed by atoms with E-state index >= 15 is 0 Å². The fourth-order valence-electron chi connectivity index (χ4n) is 2.53. The molecule has 0 aliphatic heterocycles. The van der Waals surface area contributed by atoms with Crippen molar-refractivity contribution in [2.24, 2.45) is 0 Å². The van der Waals surface area contributed by atoms with Crippen molar-refractivity contribution in [3.05, 3.63) is 83.6 Å². The predicted molar refractivity (Wildman–Crippen MR) is 104 cm³/mol. The Balaban J connectivity index is 1.79. The number of nitrogens with zero attached hydrogens (tertiary/aromatic N) is 1. The lowest BCUT2D eigenvalue weighted by Crippen LogP contribution is -2.13. The molecule has 0 aliphatic carbocycles. The molecule has 0 aliphatic rings. The SMILES string of the molecule is CCOC(=O)c1ccccc1Nc1cc(C(=O)Nc2ccc(F)c(F)c2)ccn1. The van der Waals surface area contributed by atoms with E-state index in [9.17, 15) is 18.4 Å². The van der Waals surface area contributed by atoms with Crippen LogP contribution in [0.25, 0.3) is 0 Å². The molecule has 8 heteroatoms. The maximum Gasteiger partial charge on any atom is 0.340 e. The topological polar surface area (TPSA) is 80.3 Å². The second kappa shape index (κ2) is 8.92. The van der Waals surface area contributed by atoms with Crippen LogP contribution in [-0.4, -0.2) is 23.5 Å². The third kappa shape index (κ3) is 4.92. The molecule has 1 heterocycles. The lowest BCUT2D eigenvalue weighted by Gasteiger charge is -2.11. The predicted octanol–water partition coefficient (Wildman–Crippen LogP) is 4.53. The Kier molecular flexibility index (Phi) is 6.13. The molecule has 0 unspecified atom stereocenters. The molecule has 0 saturated heterocycles. The van der Waals surface area contributed by atoms with E-state index < -0.39 is 23.5 Å². The van der Waals surface area contributed by atoms with Gasteiger partial charge in [-0.2, -0.15) is 0 Å². The Bertz CT molecular complexity index is 1060. The van der Waals surface area contributed by atoms with Crippen LogP contribution in [-0.2, 0) is 4.74 Å². The minimum absolute atomic E-state index is 0.118. The number of esters is 1. The van der Waals surface area contributed by atoms with Crippen LogP contribution in [0.4, 0.5) is 26.0 Å². The molecule has 3 aromatic rings. The number of halogens is 2. The Labute approximate surface area is 165 Å². The summed E-state index contributed by atoms with van der Waals surface area (Å²) in [6.07, 6.45) is 1.41. The van der Waals surface area contributed by atoms with Crippen LogP contribution in [0.2, 0.25) is 0 Å². The van der Waals surface area contributed by atoms with E-state index in [1.165, 1.54) is 24.4 Å². The number of rotatable bonds is 6. The summed E-state index contributed by atoms with van der Waals surface area (Å²) in [6.45, 7) is 1.95. The summed E-state index contributed by atoms with van der Waals surface area (Å²) >= 11 is 0. The van der Waals surface area contributed by atoms with Gasteiger partial charge >= 0.3 is 5.97 Å². The van der Waals surface area contributed by atoms with Crippen molar-refractivity contribution in [1.82, 2.24) is 4.98 Å². The van der Waals surface area contributed by atoms with E-state index in [-0.39, 0.29) is 17.9 Å². The molecule has 0 fully saturated rings. The van der Waals surface area contributed by atoms with Crippen LogP contribution in [0.1, 0.15) is 27.6 Å². The Morgan fingerprint density at radius 1 is 1.03 bits per heavy atom. The molecule has 2 N–H and O–H groups in total. The van der Waals surface area contributed by atoms with Gasteiger partial charge in [0.15, 0.2) is 11.6 Å². The number of carbonyl (C=O) groups is 2. The molecule has 1 aromatic heterocycles. The Hall–Kier alpha value is -3.81. The third-order valence-corrected chi connectivity index (χ3v) is 3.88. The van der Waals surface area contributed by atoms with Gasteiger partial charge in [0.25, 0.3) is 5.91 Å². The number of nitrogens with one attached hydrogen (secondary N) is 2. The molecule has 0 bridgehead atoms. The van der Waals surface area contributed by atoms with Crippen LogP contribution < -0.4 is 10.6 Å². The highest BCUT2D eigenvalue weighted by atomic mass is 19.2. The smallest absolute Gasteiger partial charge is 0.340 e. The highest BCUT2D eigenvalue weighted by Gasteiger charge is 2.14. The minimum Gasteiger partial charge on any atom is -0.462 e. The van der Waals surface area contributed by atoms with E-state index in [0.29, 0.717) is 17.1 Å². The zero-order valence-corrected chi connectivity index (χ0v) is 15.4. The number of hydrogen-bond acceptors (Lipinski definition) is 5. The van der Waals surface area contributed by atoms with Gasteiger partial charge in [-0.05, 0) is 43.3 Å². The molecule has 6 nitrogen and oxygen atoms in total. The van der Waals surface area contributed by atoms with Gasteiger partial charge in [-0.15, -0.1) is 0 Å². The van der Waals surface area contributed by atoms with Crippen molar-refractivity contribution in [1.29, 1.82) is 0 Å². The van der Waals surface area contributed by atoms with Crippen LogP contribution in [0.15, 0.2) is 60.8 Å². The van der Waals surface area contributed by atoms with E-state index in [1.54, 1.807) is 31.2 Å². The fourth-order valence-corrected chi connectivity index (χ4v) is 2.53. The molecular weight excluding hydrogens is 380 g/mol. The maximum absolute atomic E-state index is 13.3. The number of benzene rings is 2. The number of carbonyl (C=O) groups excluding carboxylic acids is 2. The second-order valence-corrected chi connectivity index (χ2v) is 5.90. The van der Waals surface area contributed by atoms with Crippen LogP contribution in [0, 0.1) is 11.6 Å². The summed E-state index contributed by atoms with van der Waals surface area (Å²) in [5.74, 6) is -2.75. The molecule has 0 radical (unpaired) electrons. The molecular formula is C21H17F2N3O3. The lowest BCUT2D eigenvalue weighted by molar-refractivity contribution is 0.0527. The molecule has 1 amide bonds. The van der Waals surface area contributed by atoms with Gasteiger partial charge in [0.1, 0.15) is 5.82 Å². The highest BCUT2D eigenvalue weighted by Crippen LogP contribution is 2.21. The van der Waals surface area contributed by atoms with Crippen LogP contribution in [0.3, 0.4) is 0 Å². The van der Waals surface area contributed by atoms with E-state index in [2.05, 4.69) is 15.6 Å². The fraction of sp³-hybridized carbons (Fsp3) is 0.0952. The minimum atomic E-state index is -1.06. The summed E-state index contributed by atoms with van der Waals surface area (Å²) in [4.78, 5) is 28.6. The van der Waals surface area contributed by atoms with Crippen molar-refractivity contribution in [3.63, 3.8) is 0 Å². The number of hydrogen-bond donors (Lipinski definition) is 2. The first-order valence-corrected chi connectivity index (χ1v) is 8.73. The number of amides is 1. The average molecular weight is 397 g/mol. The number of anilines is 3. The average Bonchev–Trinajstić information content (AvgIpc) is 2.71. The number of ether oxygens (including phenoxy) is 1. The Morgan fingerprint density at radius 3 is 2.59 bits per heavy atom. The number of pyridine rings is 1. The summed E-state index contributed by atoms with van der Waals surface area (Å²) in [6, 6.07) is 12.8. The molecule has 148 valence electrons. The van der Waals surface area contributed by atoms with Gasteiger partial charge in [0.05, 0.1) is 17.9 Å². The zero-order chi connectivity index (χ0) is 20.8. The van der Waals surface area contributed by atoms with Gasteiger partial charge in [0, 0.05) is 23.5 Å². The third-order valence-electron chi connectivity index (χ3n) is 3.88. The van der Waals surface area contributed by atoms with Crippen LogP contribution in [0.5, 0.6) is 0 Å². The van der Waals surface area contributed by atoms with Crippen molar-refractivity contribution >= 4 is 29.1 Å². The summed E-state index contributed by atoms with van der Waals surface area (Å²) in [5.41, 5.74) is 1.15. The van der Waals surface area contributed by atoms with Gasteiger partial charge in [-0.25, -0.2) is 18.6 Å². The molecule has 0 saturated carbocycles. The molecule has 2 aromatic carbocycles. The van der Waals surface area contributed by atoms with E-state index in [0.717, 1.165) is 12.1 Å². The first-order valence-electron chi connectivity index (χ1n) is 8.73. The lowest BCUT2D eigenvalue weighted by atomic mass is 10.1. The molecule has 29 heavy (non-hydrogen) atoms. The van der Waals surface area contributed by atoms with Crippen molar-refractivity contribution < 1.29 is 23.1 Å². The quantitative estimate of drug-likeness (QED) is 0.598. The molecule has 0 atom stereocenters. The number of aromatic nitrogens is 1. The molecule has 0 spiro atoms. The number of para-hydroxylation sites is 1. The van der Waals surface area contributed by atoms with E-state index in [4.69, 9.17) is 4.74 Å². The van der Waals surface area contributed by atoms with Gasteiger partial charge < -0.3 is 15.4 Å².